The molecule has 0 saturated heterocycles. The number of hydrogen-bond donors (Lipinski definition) is 2. The molecule has 0 spiro atoms. The van der Waals surface area contributed by atoms with Gasteiger partial charge in [0, 0.05) is 0 Å². The minimum atomic E-state index is -0.843. The van der Waals surface area contributed by atoms with Crippen molar-refractivity contribution in [1.82, 2.24) is 0 Å². The van der Waals surface area contributed by atoms with E-state index in [1.807, 2.05) is 6.07 Å². The van der Waals surface area contributed by atoms with Crippen LogP contribution in [0.1, 0.15) is 90.0 Å². The first-order chi connectivity index (χ1) is 15.0. The van der Waals surface area contributed by atoms with Gasteiger partial charge < -0.3 is 10.2 Å². The fourth-order valence-corrected chi connectivity index (χ4v) is 5.43. The molecule has 5 atom stereocenters. The molecule has 31 heavy (non-hydrogen) atoms. The van der Waals surface area contributed by atoms with E-state index >= 15 is 0 Å². The number of hydrogen-bond acceptors (Lipinski definition) is 2. The highest BCUT2D eigenvalue weighted by atomic mass is 16.4. The van der Waals surface area contributed by atoms with Crippen molar-refractivity contribution in [3.05, 3.63) is 48.0 Å². The van der Waals surface area contributed by atoms with Gasteiger partial charge in [0.25, 0.3) is 0 Å². The molecule has 0 amide bonds. The molecule has 3 nitrogen and oxygen atoms in total. The van der Waals surface area contributed by atoms with Gasteiger partial charge in [-0.25, -0.2) is 0 Å². The molecule has 0 aromatic heterocycles. The summed E-state index contributed by atoms with van der Waals surface area (Å²) in [7, 11) is 0. The number of aliphatic hydroxyl groups is 1. The van der Waals surface area contributed by atoms with Crippen molar-refractivity contribution in [3.8, 4) is 0 Å². The van der Waals surface area contributed by atoms with Gasteiger partial charge in [-0.1, -0.05) is 81.5 Å². The van der Waals surface area contributed by atoms with Crippen LogP contribution in [0.3, 0.4) is 0 Å². The van der Waals surface area contributed by atoms with E-state index in [2.05, 4.69) is 43.3 Å². The first-order valence-corrected chi connectivity index (χ1v) is 12.6. The molecule has 1 aliphatic rings. The van der Waals surface area contributed by atoms with Crippen molar-refractivity contribution in [3.63, 3.8) is 0 Å². The number of carboxylic acids is 1. The van der Waals surface area contributed by atoms with Crippen molar-refractivity contribution in [2.45, 2.75) is 97.0 Å². The molecular formula is C28H44O3. The van der Waals surface area contributed by atoms with Crippen LogP contribution in [0.2, 0.25) is 0 Å². The van der Waals surface area contributed by atoms with Crippen LogP contribution < -0.4 is 0 Å². The van der Waals surface area contributed by atoms with Crippen LogP contribution in [0.25, 0.3) is 0 Å². The van der Waals surface area contributed by atoms with Crippen LogP contribution in [0, 0.1) is 23.7 Å². The molecule has 174 valence electrons. The van der Waals surface area contributed by atoms with Gasteiger partial charge in [0.1, 0.15) is 0 Å². The number of aliphatic hydroxyl groups excluding tert-OH is 1. The van der Waals surface area contributed by atoms with Crippen molar-refractivity contribution >= 4 is 5.97 Å². The summed E-state index contributed by atoms with van der Waals surface area (Å²) in [5, 5.41) is 20.1. The highest BCUT2D eigenvalue weighted by Gasteiger charge is 2.40. The second-order valence-corrected chi connectivity index (χ2v) is 9.65. The summed E-state index contributed by atoms with van der Waals surface area (Å²) >= 11 is 0. The maximum Gasteiger partial charge on any atom is 0.309 e. The molecule has 1 fully saturated rings. The first-order valence-electron chi connectivity index (χ1n) is 12.6. The Morgan fingerprint density at radius 1 is 1.06 bits per heavy atom. The lowest BCUT2D eigenvalue weighted by molar-refractivity contribution is -0.150. The van der Waals surface area contributed by atoms with E-state index in [1.165, 1.54) is 56.9 Å². The molecule has 0 radical (unpaired) electrons. The molecular weight excluding hydrogens is 384 g/mol. The Hall–Kier alpha value is -1.61. The van der Waals surface area contributed by atoms with Gasteiger partial charge in [0.15, 0.2) is 0 Å². The van der Waals surface area contributed by atoms with Gasteiger partial charge >= 0.3 is 5.97 Å². The summed E-state index contributed by atoms with van der Waals surface area (Å²) in [5.74, 6) is -0.553. The maximum atomic E-state index is 12.0. The summed E-state index contributed by atoms with van der Waals surface area (Å²) in [6, 6.07) is 10.4. The lowest BCUT2D eigenvalue weighted by atomic mass is 9.65. The molecule has 0 aliphatic heterocycles. The Morgan fingerprint density at radius 2 is 1.77 bits per heavy atom. The molecule has 2 N–H and O–H groups in total. The summed E-state index contributed by atoms with van der Waals surface area (Å²) in [6.07, 6.45) is 17.9. The van der Waals surface area contributed by atoms with Crippen molar-refractivity contribution < 1.29 is 15.0 Å². The van der Waals surface area contributed by atoms with Gasteiger partial charge in [0.2, 0.25) is 0 Å². The van der Waals surface area contributed by atoms with Gasteiger partial charge in [0.05, 0.1) is 12.0 Å². The average Bonchev–Trinajstić information content (AvgIpc) is 2.74. The number of rotatable bonds is 14. The quantitative estimate of drug-likeness (QED) is 0.247. The highest BCUT2D eigenvalue weighted by molar-refractivity contribution is 5.71. The molecule has 5 unspecified atom stereocenters. The van der Waals surface area contributed by atoms with Gasteiger partial charge in [-0.3, -0.25) is 4.79 Å². The van der Waals surface area contributed by atoms with Gasteiger partial charge in [-0.05, 0) is 75.2 Å². The van der Waals surface area contributed by atoms with Gasteiger partial charge in [-0.15, -0.1) is 0 Å². The Bertz CT molecular complexity index is 637. The van der Waals surface area contributed by atoms with E-state index < -0.39 is 18.0 Å². The predicted molar refractivity (Wildman–Crippen MR) is 129 cm³/mol. The minimum absolute atomic E-state index is 0.0468. The fraction of sp³-hybridized carbons (Fsp3) is 0.679. The maximum absolute atomic E-state index is 12.0. The van der Waals surface area contributed by atoms with Crippen molar-refractivity contribution in [2.24, 2.45) is 23.7 Å². The lowest BCUT2D eigenvalue weighted by Crippen LogP contribution is -2.41. The summed E-state index contributed by atoms with van der Waals surface area (Å²) in [5.41, 5.74) is 1.27. The third-order valence-electron chi connectivity index (χ3n) is 7.14. The molecule has 1 aliphatic carbocycles. The number of unbranched alkanes of at least 4 members (excludes halogenated alkanes) is 5. The third-order valence-corrected chi connectivity index (χ3v) is 7.14. The third kappa shape index (κ3) is 9.19. The standard InChI is InChI=1S/C28H44O3/c1-3-4-5-6-7-8-9-10-12-17-24-18-19-25(20-23-15-13-11-14-16-23)26(21-24)27(22(2)29)28(30)31/h8-9,11,13-16,22,24-27,29H,3-7,10,12,17-21H2,1-2H3,(H,30,31). The monoisotopic (exact) mass is 428 g/mol. The number of allylic oxidation sites excluding steroid dienone is 2. The van der Waals surface area contributed by atoms with E-state index in [0.29, 0.717) is 11.8 Å². The van der Waals surface area contributed by atoms with Crippen LogP contribution in [-0.4, -0.2) is 22.3 Å². The van der Waals surface area contributed by atoms with Crippen molar-refractivity contribution in [2.75, 3.05) is 0 Å². The second-order valence-electron chi connectivity index (χ2n) is 9.65. The highest BCUT2D eigenvalue weighted by Crippen LogP contribution is 2.43. The zero-order valence-corrected chi connectivity index (χ0v) is 19.7. The number of benzene rings is 1. The molecule has 1 saturated carbocycles. The predicted octanol–water partition coefficient (Wildman–Crippen LogP) is 7.04. The molecule has 1 aromatic rings. The van der Waals surface area contributed by atoms with E-state index in [4.69, 9.17) is 0 Å². The zero-order valence-electron chi connectivity index (χ0n) is 19.7. The van der Waals surface area contributed by atoms with E-state index in [1.54, 1.807) is 6.92 Å². The van der Waals surface area contributed by atoms with Crippen LogP contribution in [0.5, 0.6) is 0 Å². The number of carbonyl (C=O) groups is 1. The van der Waals surface area contributed by atoms with Crippen LogP contribution in [0.15, 0.2) is 42.5 Å². The average molecular weight is 429 g/mol. The lowest BCUT2D eigenvalue weighted by Gasteiger charge is -2.40. The molecule has 2 rings (SSSR count). The molecule has 1 aromatic carbocycles. The topological polar surface area (TPSA) is 57.5 Å². The normalized spacial score (nSPS) is 23.6. The largest absolute Gasteiger partial charge is 0.481 e. The van der Waals surface area contributed by atoms with Gasteiger partial charge in [-0.2, -0.15) is 0 Å². The number of aliphatic carboxylic acids is 1. The molecule has 0 heterocycles. The molecule has 3 heteroatoms. The second kappa shape index (κ2) is 14.5. The van der Waals surface area contributed by atoms with Crippen LogP contribution >= 0.6 is 0 Å². The summed E-state index contributed by atoms with van der Waals surface area (Å²) in [6.45, 7) is 3.89. The summed E-state index contributed by atoms with van der Waals surface area (Å²) < 4.78 is 0. The van der Waals surface area contributed by atoms with E-state index in [0.717, 1.165) is 25.7 Å². The number of carboxylic acid groups (broad SMARTS) is 1. The van der Waals surface area contributed by atoms with E-state index in [-0.39, 0.29) is 5.92 Å². The van der Waals surface area contributed by atoms with E-state index in [9.17, 15) is 15.0 Å². The zero-order chi connectivity index (χ0) is 22.5. The summed E-state index contributed by atoms with van der Waals surface area (Å²) in [4.78, 5) is 12.0. The smallest absolute Gasteiger partial charge is 0.309 e. The Morgan fingerprint density at radius 3 is 2.42 bits per heavy atom. The van der Waals surface area contributed by atoms with Crippen LogP contribution in [0.4, 0.5) is 0 Å². The molecule has 0 bridgehead atoms. The Balaban J connectivity index is 1.88. The Kier molecular flexibility index (Phi) is 12.0. The minimum Gasteiger partial charge on any atom is -0.481 e. The SMILES string of the molecule is CCCCCCC=CCCCC1CCC(Cc2ccccc2)C(C(C(=O)O)C(C)O)C1. The first kappa shape index (κ1) is 25.6. The van der Waals surface area contributed by atoms with Crippen LogP contribution in [-0.2, 0) is 11.2 Å². The fourth-order valence-electron chi connectivity index (χ4n) is 5.43. The Labute approximate surface area is 190 Å². The van der Waals surface area contributed by atoms with Crippen molar-refractivity contribution in [1.29, 1.82) is 0 Å².